The van der Waals surface area contributed by atoms with Crippen molar-refractivity contribution in [2.45, 2.75) is 13.5 Å². The van der Waals surface area contributed by atoms with Crippen molar-refractivity contribution in [3.63, 3.8) is 0 Å². The molecule has 3 nitrogen and oxygen atoms in total. The van der Waals surface area contributed by atoms with Crippen LogP contribution < -0.4 is 5.32 Å². The van der Waals surface area contributed by atoms with Gasteiger partial charge in [0.15, 0.2) is 5.78 Å². The second-order valence-corrected chi connectivity index (χ2v) is 2.65. The Bertz CT molecular complexity index is 293. The van der Waals surface area contributed by atoms with Gasteiger partial charge in [0.05, 0.1) is 12.2 Å². The normalized spacial score (nSPS) is 10.2. The molecular weight excluding hydrogens is 164 g/mol. The van der Waals surface area contributed by atoms with E-state index in [1.807, 2.05) is 18.2 Å². The molecule has 68 valence electrons. The van der Waals surface area contributed by atoms with Gasteiger partial charge >= 0.3 is 0 Å². The first-order chi connectivity index (χ1) is 6.29. The van der Waals surface area contributed by atoms with Crippen molar-refractivity contribution in [3.8, 4) is 0 Å². The molecule has 3 heteroatoms. The molecule has 0 saturated heterocycles. The molecule has 0 aromatic carbocycles. The number of nitrogens with zero attached hydrogens (tertiary/aromatic N) is 1. The minimum absolute atomic E-state index is 0.0357. The highest BCUT2D eigenvalue weighted by Gasteiger charge is 1.88. The van der Waals surface area contributed by atoms with E-state index in [4.69, 9.17) is 0 Å². The highest BCUT2D eigenvalue weighted by Crippen LogP contribution is 1.91. The van der Waals surface area contributed by atoms with Crippen molar-refractivity contribution in [2.24, 2.45) is 0 Å². The van der Waals surface area contributed by atoms with Gasteiger partial charge in [-0.3, -0.25) is 9.78 Å². The second kappa shape index (κ2) is 5.09. The van der Waals surface area contributed by atoms with Crippen LogP contribution in [0.25, 0.3) is 0 Å². The number of carbonyl (C=O) groups is 1. The first kappa shape index (κ1) is 9.45. The summed E-state index contributed by atoms with van der Waals surface area (Å²) in [6, 6.07) is 5.72. The van der Waals surface area contributed by atoms with Gasteiger partial charge in [-0.15, -0.1) is 0 Å². The number of hydrogen-bond donors (Lipinski definition) is 1. The lowest BCUT2D eigenvalue weighted by Gasteiger charge is -1.98. The Morgan fingerprint density at radius 3 is 3.08 bits per heavy atom. The molecule has 0 radical (unpaired) electrons. The predicted octanol–water partition coefficient (Wildman–Crippen LogP) is 1.27. The summed E-state index contributed by atoms with van der Waals surface area (Å²) in [7, 11) is 0. The highest BCUT2D eigenvalue weighted by molar-refractivity contribution is 5.87. The van der Waals surface area contributed by atoms with Gasteiger partial charge < -0.3 is 5.32 Å². The summed E-state index contributed by atoms with van der Waals surface area (Å²) < 4.78 is 0. The van der Waals surface area contributed by atoms with Gasteiger partial charge in [0, 0.05) is 12.4 Å². The molecular formula is C10H12N2O. The second-order valence-electron chi connectivity index (χ2n) is 2.65. The molecule has 0 bridgehead atoms. The predicted molar refractivity (Wildman–Crippen MR) is 50.9 cm³/mol. The molecule has 0 aliphatic rings. The van der Waals surface area contributed by atoms with Gasteiger partial charge in [0.25, 0.3) is 0 Å². The fourth-order valence-electron chi connectivity index (χ4n) is 0.842. The third-order valence-electron chi connectivity index (χ3n) is 1.45. The molecule has 13 heavy (non-hydrogen) atoms. The maximum atomic E-state index is 10.5. The smallest absolute Gasteiger partial charge is 0.154 e. The number of rotatable bonds is 4. The molecule has 0 unspecified atom stereocenters. The summed E-state index contributed by atoms with van der Waals surface area (Å²) in [5, 5.41) is 2.97. The van der Waals surface area contributed by atoms with Crippen molar-refractivity contribution < 1.29 is 4.79 Å². The van der Waals surface area contributed by atoms with Gasteiger partial charge in [-0.25, -0.2) is 0 Å². The molecule has 1 aromatic rings. The molecule has 0 aliphatic carbocycles. The van der Waals surface area contributed by atoms with E-state index in [2.05, 4.69) is 10.3 Å². The van der Waals surface area contributed by atoms with Crippen LogP contribution in [0.15, 0.2) is 36.7 Å². The van der Waals surface area contributed by atoms with Crippen molar-refractivity contribution in [1.29, 1.82) is 0 Å². The quantitative estimate of drug-likeness (QED) is 0.702. The van der Waals surface area contributed by atoms with Crippen molar-refractivity contribution in [2.75, 3.05) is 0 Å². The Kier molecular flexibility index (Phi) is 3.70. The highest BCUT2D eigenvalue weighted by atomic mass is 16.1. The average Bonchev–Trinajstić information content (AvgIpc) is 2.14. The Labute approximate surface area is 77.5 Å². The minimum Gasteiger partial charge on any atom is -0.385 e. The maximum Gasteiger partial charge on any atom is 0.154 e. The van der Waals surface area contributed by atoms with Crippen LogP contribution in [0.1, 0.15) is 12.6 Å². The number of ketones is 1. The molecule has 0 spiro atoms. The van der Waals surface area contributed by atoms with Gasteiger partial charge in [-0.2, -0.15) is 0 Å². The van der Waals surface area contributed by atoms with Crippen molar-refractivity contribution in [3.05, 3.63) is 42.4 Å². The van der Waals surface area contributed by atoms with Crippen LogP contribution >= 0.6 is 0 Å². The molecule has 1 heterocycles. The third kappa shape index (κ3) is 4.06. The molecule has 0 saturated carbocycles. The van der Waals surface area contributed by atoms with Crippen LogP contribution in [0, 0.1) is 0 Å². The van der Waals surface area contributed by atoms with Gasteiger partial charge in [0.1, 0.15) is 0 Å². The van der Waals surface area contributed by atoms with Crippen molar-refractivity contribution in [1.82, 2.24) is 10.3 Å². The summed E-state index contributed by atoms with van der Waals surface area (Å²) in [6.45, 7) is 2.16. The van der Waals surface area contributed by atoms with E-state index in [9.17, 15) is 4.79 Å². The topological polar surface area (TPSA) is 42.0 Å². The zero-order chi connectivity index (χ0) is 9.52. The van der Waals surface area contributed by atoms with Crippen LogP contribution in [-0.4, -0.2) is 10.8 Å². The molecule has 0 fully saturated rings. The number of carbonyl (C=O) groups excluding carboxylic acids is 1. The molecule has 1 N–H and O–H groups in total. The van der Waals surface area contributed by atoms with Crippen LogP contribution in [0.3, 0.4) is 0 Å². The molecule has 0 aliphatic heterocycles. The third-order valence-corrected chi connectivity index (χ3v) is 1.45. The van der Waals surface area contributed by atoms with Crippen molar-refractivity contribution >= 4 is 5.78 Å². The Balaban J connectivity index is 2.32. The molecule has 0 amide bonds. The van der Waals surface area contributed by atoms with Crippen LogP contribution in [0.5, 0.6) is 0 Å². The van der Waals surface area contributed by atoms with Gasteiger partial charge in [-0.05, 0) is 25.1 Å². The zero-order valence-corrected chi connectivity index (χ0v) is 7.53. The number of aromatic nitrogens is 1. The number of pyridine rings is 1. The maximum absolute atomic E-state index is 10.5. The van der Waals surface area contributed by atoms with E-state index < -0.39 is 0 Å². The van der Waals surface area contributed by atoms with E-state index in [0.717, 1.165) is 5.69 Å². The lowest BCUT2D eigenvalue weighted by Crippen LogP contribution is -2.06. The van der Waals surface area contributed by atoms with E-state index >= 15 is 0 Å². The van der Waals surface area contributed by atoms with Gasteiger partial charge in [-0.1, -0.05) is 6.07 Å². The lowest BCUT2D eigenvalue weighted by molar-refractivity contribution is -0.112. The first-order valence-corrected chi connectivity index (χ1v) is 4.09. The lowest BCUT2D eigenvalue weighted by atomic mass is 10.3. The van der Waals surface area contributed by atoms with Crippen LogP contribution in [0.4, 0.5) is 0 Å². The zero-order valence-electron chi connectivity index (χ0n) is 7.53. The number of hydrogen-bond acceptors (Lipinski definition) is 3. The van der Waals surface area contributed by atoms with E-state index in [1.54, 1.807) is 12.4 Å². The summed E-state index contributed by atoms with van der Waals surface area (Å²) in [5.41, 5.74) is 0.954. The monoisotopic (exact) mass is 176 g/mol. The fourth-order valence-corrected chi connectivity index (χ4v) is 0.842. The Morgan fingerprint density at radius 1 is 1.62 bits per heavy atom. The molecule has 1 rings (SSSR count). The fraction of sp³-hybridized carbons (Fsp3) is 0.200. The SMILES string of the molecule is CC(=O)/C=C/NCc1ccccn1. The number of nitrogens with one attached hydrogen (secondary N) is 1. The largest absolute Gasteiger partial charge is 0.385 e. The van der Waals surface area contributed by atoms with E-state index in [0.29, 0.717) is 6.54 Å². The minimum atomic E-state index is 0.0357. The van der Waals surface area contributed by atoms with E-state index in [1.165, 1.54) is 13.0 Å². The van der Waals surface area contributed by atoms with E-state index in [-0.39, 0.29) is 5.78 Å². The summed E-state index contributed by atoms with van der Waals surface area (Å²) in [4.78, 5) is 14.6. The van der Waals surface area contributed by atoms with Crippen LogP contribution in [0.2, 0.25) is 0 Å². The Hall–Kier alpha value is -1.64. The van der Waals surface area contributed by atoms with Gasteiger partial charge in [0.2, 0.25) is 0 Å². The number of allylic oxidation sites excluding steroid dienone is 1. The Morgan fingerprint density at radius 2 is 2.46 bits per heavy atom. The first-order valence-electron chi connectivity index (χ1n) is 4.09. The summed E-state index contributed by atoms with van der Waals surface area (Å²) in [6.07, 6.45) is 4.87. The standard InChI is InChI=1S/C10H12N2O/c1-9(13)5-7-11-8-10-4-2-3-6-12-10/h2-7,11H,8H2,1H3/b7-5+. The molecule has 1 aromatic heterocycles. The molecule has 0 atom stereocenters. The average molecular weight is 176 g/mol. The summed E-state index contributed by atoms with van der Waals surface area (Å²) >= 11 is 0. The summed E-state index contributed by atoms with van der Waals surface area (Å²) in [5.74, 6) is 0.0357. The van der Waals surface area contributed by atoms with Crippen LogP contribution in [-0.2, 0) is 11.3 Å².